The van der Waals surface area contributed by atoms with Crippen LogP contribution in [-0.4, -0.2) is 93.1 Å². The first-order valence-corrected chi connectivity index (χ1v) is 10.5. The average Bonchev–Trinajstić information content (AvgIpc) is 3.21. The third-order valence-corrected chi connectivity index (χ3v) is 5.12. The summed E-state index contributed by atoms with van der Waals surface area (Å²) in [6.45, 7) is 0.465. The van der Waals surface area contributed by atoms with Gasteiger partial charge >= 0.3 is 17.9 Å². The molecule has 0 saturated carbocycles. The zero-order chi connectivity index (χ0) is 25.1. The molecule has 0 bridgehead atoms. The lowest BCUT2D eigenvalue weighted by molar-refractivity contribution is -0.147. The van der Waals surface area contributed by atoms with Gasteiger partial charge in [0.2, 0.25) is 17.7 Å². The first-order valence-electron chi connectivity index (χ1n) is 10.5. The molecule has 4 atom stereocenters. The van der Waals surface area contributed by atoms with Gasteiger partial charge in [-0.15, -0.1) is 0 Å². The third kappa shape index (κ3) is 9.02. The molecule has 0 aromatic rings. The lowest BCUT2D eigenvalue weighted by Crippen LogP contribution is -2.57. The minimum atomic E-state index is -1.58. The van der Waals surface area contributed by atoms with Gasteiger partial charge in [-0.05, 0) is 38.6 Å². The molecule has 1 aliphatic heterocycles. The molecule has 1 saturated heterocycles. The number of carboxylic acids is 3. The van der Waals surface area contributed by atoms with E-state index in [1.165, 1.54) is 0 Å². The van der Waals surface area contributed by atoms with Crippen LogP contribution in [0.3, 0.4) is 0 Å². The van der Waals surface area contributed by atoms with Crippen LogP contribution in [0.25, 0.3) is 0 Å². The molecule has 0 aromatic heterocycles. The van der Waals surface area contributed by atoms with Crippen molar-refractivity contribution in [2.75, 3.05) is 13.1 Å². The Bertz CT molecular complexity index is 760. The standard InChI is InChI=1S/C19H31N5O9/c20-6-2-1-4-11(19(32)33)22-17(30)13-5-3-7-24(13)18(31)12(9-15(27)28)23-16(29)10(21)8-14(25)26/h10-13H,1-9,20-21H2,(H,22,30)(H,23,29)(H,25,26)(H,27,28)(H,32,33)/t10-,11-,12-,13-/m0/s1. The molecule has 3 amide bonds. The normalized spacial score (nSPS) is 18.1. The molecular formula is C19H31N5O9. The van der Waals surface area contributed by atoms with Crippen molar-refractivity contribution in [3.8, 4) is 0 Å². The Hall–Kier alpha value is -3.26. The molecule has 0 spiro atoms. The number of carbonyl (C=O) groups is 6. The topological polar surface area (TPSA) is 242 Å². The van der Waals surface area contributed by atoms with Crippen molar-refractivity contribution >= 4 is 35.6 Å². The van der Waals surface area contributed by atoms with E-state index in [1.54, 1.807) is 0 Å². The number of carboxylic acid groups (broad SMARTS) is 3. The van der Waals surface area contributed by atoms with Crippen LogP contribution in [0.4, 0.5) is 0 Å². The second-order valence-electron chi connectivity index (χ2n) is 7.74. The molecule has 1 aliphatic rings. The number of likely N-dealkylation sites (tertiary alicyclic amines) is 1. The van der Waals surface area contributed by atoms with E-state index >= 15 is 0 Å². The molecule has 0 radical (unpaired) electrons. The summed E-state index contributed by atoms with van der Waals surface area (Å²) in [6, 6.07) is -5.31. The van der Waals surface area contributed by atoms with E-state index in [4.69, 9.17) is 21.7 Å². The largest absolute Gasteiger partial charge is 0.481 e. The Balaban J connectivity index is 2.92. The van der Waals surface area contributed by atoms with Crippen LogP contribution in [0.1, 0.15) is 44.9 Å². The second kappa shape index (κ2) is 13.3. The first-order chi connectivity index (χ1) is 15.5. The number of amides is 3. The van der Waals surface area contributed by atoms with Crippen molar-refractivity contribution < 1.29 is 44.1 Å². The number of rotatable bonds is 14. The fourth-order valence-electron chi connectivity index (χ4n) is 3.46. The number of carbonyl (C=O) groups excluding carboxylic acids is 3. The van der Waals surface area contributed by atoms with E-state index in [9.17, 15) is 33.9 Å². The predicted molar refractivity (Wildman–Crippen MR) is 112 cm³/mol. The fraction of sp³-hybridized carbons (Fsp3) is 0.684. The summed E-state index contributed by atoms with van der Waals surface area (Å²) in [5.41, 5.74) is 10.9. The maximum Gasteiger partial charge on any atom is 0.326 e. The Kier molecular flexibility index (Phi) is 11.2. The van der Waals surface area contributed by atoms with Crippen molar-refractivity contribution in [2.24, 2.45) is 11.5 Å². The first kappa shape index (κ1) is 27.8. The van der Waals surface area contributed by atoms with Crippen molar-refractivity contribution in [3.63, 3.8) is 0 Å². The lowest BCUT2D eigenvalue weighted by atomic mass is 10.1. The van der Waals surface area contributed by atoms with Crippen molar-refractivity contribution in [1.29, 1.82) is 0 Å². The van der Waals surface area contributed by atoms with Crippen LogP contribution in [0.15, 0.2) is 0 Å². The summed E-state index contributed by atoms with van der Waals surface area (Å²) in [5, 5.41) is 31.8. The van der Waals surface area contributed by atoms with Crippen molar-refractivity contribution in [3.05, 3.63) is 0 Å². The van der Waals surface area contributed by atoms with Crippen LogP contribution >= 0.6 is 0 Å². The monoisotopic (exact) mass is 473 g/mol. The van der Waals surface area contributed by atoms with E-state index in [0.717, 1.165) is 4.90 Å². The molecule has 14 nitrogen and oxygen atoms in total. The van der Waals surface area contributed by atoms with Gasteiger partial charge in [-0.25, -0.2) is 4.79 Å². The van der Waals surface area contributed by atoms with Crippen LogP contribution in [0.5, 0.6) is 0 Å². The summed E-state index contributed by atoms with van der Waals surface area (Å²) in [4.78, 5) is 72.3. The van der Waals surface area contributed by atoms with Gasteiger partial charge in [0.1, 0.15) is 18.1 Å². The summed E-state index contributed by atoms with van der Waals surface area (Å²) >= 11 is 0. The number of unbranched alkanes of at least 4 members (excludes halogenated alkanes) is 1. The highest BCUT2D eigenvalue weighted by atomic mass is 16.4. The Morgan fingerprint density at radius 1 is 0.939 bits per heavy atom. The zero-order valence-electron chi connectivity index (χ0n) is 18.1. The summed E-state index contributed by atoms with van der Waals surface area (Å²) in [5.74, 6) is -6.59. The molecule has 0 aromatic carbocycles. The van der Waals surface area contributed by atoms with E-state index < -0.39 is 72.6 Å². The van der Waals surface area contributed by atoms with Crippen LogP contribution in [0, 0.1) is 0 Å². The summed E-state index contributed by atoms with van der Waals surface area (Å²) in [6.07, 6.45) is 0.290. The number of nitrogens with two attached hydrogens (primary N) is 2. The quantitative estimate of drug-likeness (QED) is 0.129. The number of nitrogens with one attached hydrogen (secondary N) is 2. The Morgan fingerprint density at radius 3 is 2.12 bits per heavy atom. The van der Waals surface area contributed by atoms with Gasteiger partial charge in [-0.1, -0.05) is 0 Å². The van der Waals surface area contributed by atoms with Crippen LogP contribution in [0.2, 0.25) is 0 Å². The highest BCUT2D eigenvalue weighted by Gasteiger charge is 2.39. The van der Waals surface area contributed by atoms with Crippen LogP contribution in [-0.2, 0) is 28.8 Å². The molecule has 0 aliphatic carbocycles. The minimum absolute atomic E-state index is 0.0923. The second-order valence-corrected chi connectivity index (χ2v) is 7.74. The highest BCUT2D eigenvalue weighted by molar-refractivity contribution is 5.96. The molecule has 1 heterocycles. The number of nitrogens with zero attached hydrogens (tertiary/aromatic N) is 1. The maximum atomic E-state index is 13.0. The van der Waals surface area contributed by atoms with Gasteiger partial charge < -0.3 is 42.3 Å². The number of aliphatic carboxylic acids is 3. The molecule has 186 valence electrons. The van der Waals surface area contributed by atoms with Gasteiger partial charge in [-0.2, -0.15) is 0 Å². The van der Waals surface area contributed by atoms with E-state index in [-0.39, 0.29) is 19.4 Å². The molecule has 9 N–H and O–H groups in total. The maximum absolute atomic E-state index is 13.0. The van der Waals surface area contributed by atoms with Crippen molar-refractivity contribution in [2.45, 2.75) is 69.1 Å². The van der Waals surface area contributed by atoms with E-state index in [1.807, 2.05) is 0 Å². The zero-order valence-corrected chi connectivity index (χ0v) is 18.1. The summed E-state index contributed by atoms with van der Waals surface area (Å²) < 4.78 is 0. The summed E-state index contributed by atoms with van der Waals surface area (Å²) in [7, 11) is 0. The molecule has 33 heavy (non-hydrogen) atoms. The van der Waals surface area contributed by atoms with Gasteiger partial charge in [0.15, 0.2) is 0 Å². The van der Waals surface area contributed by atoms with E-state index in [0.29, 0.717) is 25.8 Å². The fourth-order valence-corrected chi connectivity index (χ4v) is 3.46. The average molecular weight is 473 g/mol. The SMILES string of the molecule is NCCCC[C@H](NC(=O)[C@@H]1CCCN1C(=O)[C@H](CC(=O)O)NC(=O)[C@@H](N)CC(=O)O)C(=O)O. The Morgan fingerprint density at radius 2 is 1.58 bits per heavy atom. The van der Waals surface area contributed by atoms with Gasteiger partial charge in [0.25, 0.3) is 0 Å². The van der Waals surface area contributed by atoms with Gasteiger partial charge in [-0.3, -0.25) is 24.0 Å². The highest BCUT2D eigenvalue weighted by Crippen LogP contribution is 2.20. The third-order valence-electron chi connectivity index (χ3n) is 5.12. The molecule has 1 rings (SSSR count). The number of hydrogen-bond donors (Lipinski definition) is 7. The molecular weight excluding hydrogens is 442 g/mol. The number of hydrogen-bond acceptors (Lipinski definition) is 8. The molecule has 14 heteroatoms. The van der Waals surface area contributed by atoms with Crippen molar-refractivity contribution in [1.82, 2.24) is 15.5 Å². The Labute approximate surface area is 189 Å². The minimum Gasteiger partial charge on any atom is -0.481 e. The van der Waals surface area contributed by atoms with Gasteiger partial charge in [0.05, 0.1) is 18.9 Å². The molecule has 1 fully saturated rings. The smallest absolute Gasteiger partial charge is 0.326 e. The van der Waals surface area contributed by atoms with Gasteiger partial charge in [0, 0.05) is 6.54 Å². The lowest BCUT2D eigenvalue weighted by Gasteiger charge is -2.29. The predicted octanol–water partition coefficient (Wildman–Crippen LogP) is -2.56. The van der Waals surface area contributed by atoms with Crippen LogP contribution < -0.4 is 22.1 Å². The van der Waals surface area contributed by atoms with E-state index in [2.05, 4.69) is 10.6 Å². The molecule has 0 unspecified atom stereocenters.